The second-order valence-corrected chi connectivity index (χ2v) is 6.40. The van der Waals surface area contributed by atoms with E-state index < -0.39 is 35.6 Å². The van der Waals surface area contributed by atoms with Crippen molar-refractivity contribution in [3.8, 4) is 0 Å². The Kier molecular flexibility index (Phi) is 6.86. The molecule has 1 aliphatic heterocycles. The summed E-state index contributed by atoms with van der Waals surface area (Å²) in [5, 5.41) is 13.7. The van der Waals surface area contributed by atoms with Crippen LogP contribution in [0.3, 0.4) is 0 Å². The molecule has 2 rings (SSSR count). The Morgan fingerprint density at radius 2 is 1.96 bits per heavy atom. The number of carbonyl (C=O) groups is 4. The van der Waals surface area contributed by atoms with Crippen LogP contribution in [-0.4, -0.2) is 47.9 Å². The maximum atomic E-state index is 13.0. The SMILES string of the molecule is C[C@@H](NC(=O)C1CC(=O)N(c2ccc(F)cc2)C1)C(=O)NCCCC(=O)O. The average Bonchev–Trinajstić information content (AvgIpc) is 3.01. The van der Waals surface area contributed by atoms with Crippen molar-refractivity contribution < 1.29 is 28.7 Å². The standard InChI is InChI=1S/C18H22FN3O5/c1-11(17(26)20-8-2-3-16(24)25)21-18(27)12-9-15(23)22(10-12)14-6-4-13(19)5-7-14/h4-7,11-12H,2-3,8-10H2,1H3,(H,20,26)(H,21,27)(H,24,25)/t11-,12?/m1/s1. The molecular weight excluding hydrogens is 357 g/mol. The Labute approximate surface area is 155 Å². The molecule has 0 spiro atoms. The summed E-state index contributed by atoms with van der Waals surface area (Å²) in [5.41, 5.74) is 0.515. The molecule has 9 heteroatoms. The van der Waals surface area contributed by atoms with Crippen LogP contribution in [-0.2, 0) is 19.2 Å². The van der Waals surface area contributed by atoms with Gasteiger partial charge < -0.3 is 20.6 Å². The first kappa shape index (κ1) is 20.3. The van der Waals surface area contributed by atoms with Gasteiger partial charge in [-0.05, 0) is 37.6 Å². The number of amides is 3. The molecule has 1 unspecified atom stereocenters. The van der Waals surface area contributed by atoms with E-state index in [-0.39, 0.29) is 31.8 Å². The van der Waals surface area contributed by atoms with E-state index in [0.717, 1.165) is 0 Å². The minimum Gasteiger partial charge on any atom is -0.481 e. The zero-order valence-electron chi connectivity index (χ0n) is 14.9. The highest BCUT2D eigenvalue weighted by Crippen LogP contribution is 2.25. The summed E-state index contributed by atoms with van der Waals surface area (Å²) < 4.78 is 13.0. The van der Waals surface area contributed by atoms with Gasteiger partial charge in [-0.25, -0.2) is 4.39 Å². The Bertz CT molecular complexity index is 722. The van der Waals surface area contributed by atoms with Crippen molar-refractivity contribution in [2.45, 2.75) is 32.2 Å². The molecule has 0 aliphatic carbocycles. The molecule has 1 heterocycles. The van der Waals surface area contributed by atoms with Gasteiger partial charge in [-0.15, -0.1) is 0 Å². The van der Waals surface area contributed by atoms with Crippen molar-refractivity contribution >= 4 is 29.4 Å². The molecule has 27 heavy (non-hydrogen) atoms. The molecule has 3 amide bonds. The molecule has 1 saturated heterocycles. The van der Waals surface area contributed by atoms with E-state index in [1.807, 2.05) is 0 Å². The Morgan fingerprint density at radius 3 is 2.59 bits per heavy atom. The van der Waals surface area contributed by atoms with Crippen molar-refractivity contribution in [2.75, 3.05) is 18.0 Å². The highest BCUT2D eigenvalue weighted by atomic mass is 19.1. The number of benzene rings is 1. The molecule has 1 fully saturated rings. The van der Waals surface area contributed by atoms with E-state index in [9.17, 15) is 23.6 Å². The number of hydrogen-bond donors (Lipinski definition) is 3. The fraction of sp³-hybridized carbons (Fsp3) is 0.444. The molecule has 0 bridgehead atoms. The summed E-state index contributed by atoms with van der Waals surface area (Å²) in [4.78, 5) is 48.3. The molecule has 0 saturated carbocycles. The lowest BCUT2D eigenvalue weighted by molar-refractivity contribution is -0.137. The minimum absolute atomic E-state index is 0.0101. The van der Waals surface area contributed by atoms with Crippen LogP contribution in [0.1, 0.15) is 26.2 Å². The lowest BCUT2D eigenvalue weighted by Gasteiger charge is -2.18. The number of carboxylic acid groups (broad SMARTS) is 1. The first-order valence-electron chi connectivity index (χ1n) is 8.63. The largest absolute Gasteiger partial charge is 0.481 e. The van der Waals surface area contributed by atoms with Gasteiger partial charge in [-0.3, -0.25) is 19.2 Å². The summed E-state index contributed by atoms with van der Waals surface area (Å²) in [6.07, 6.45) is 0.256. The van der Waals surface area contributed by atoms with Crippen molar-refractivity contribution in [1.29, 1.82) is 0 Å². The first-order valence-corrected chi connectivity index (χ1v) is 8.63. The van der Waals surface area contributed by atoms with E-state index in [1.54, 1.807) is 0 Å². The lowest BCUT2D eigenvalue weighted by atomic mass is 10.1. The molecule has 1 aromatic rings. The number of rotatable bonds is 8. The van der Waals surface area contributed by atoms with Crippen LogP contribution in [0.25, 0.3) is 0 Å². The fourth-order valence-electron chi connectivity index (χ4n) is 2.75. The number of anilines is 1. The molecule has 1 aromatic carbocycles. The summed E-state index contributed by atoms with van der Waals surface area (Å²) in [5.74, 6) is -3.04. The van der Waals surface area contributed by atoms with Gasteiger partial charge in [0.15, 0.2) is 0 Å². The number of hydrogen-bond acceptors (Lipinski definition) is 4. The smallest absolute Gasteiger partial charge is 0.303 e. The number of aliphatic carboxylic acids is 1. The van der Waals surface area contributed by atoms with Crippen molar-refractivity contribution in [1.82, 2.24) is 10.6 Å². The maximum absolute atomic E-state index is 13.0. The zero-order chi connectivity index (χ0) is 20.0. The summed E-state index contributed by atoms with van der Waals surface area (Å²) in [6.45, 7) is 1.87. The second kappa shape index (κ2) is 9.11. The highest BCUT2D eigenvalue weighted by molar-refractivity contribution is 6.01. The summed E-state index contributed by atoms with van der Waals surface area (Å²) in [6, 6.07) is 4.62. The first-order chi connectivity index (χ1) is 12.8. The quantitative estimate of drug-likeness (QED) is 0.574. The average molecular weight is 379 g/mol. The minimum atomic E-state index is -0.942. The third-order valence-corrected chi connectivity index (χ3v) is 4.25. The Morgan fingerprint density at radius 1 is 1.30 bits per heavy atom. The van der Waals surface area contributed by atoms with Gasteiger partial charge in [-0.1, -0.05) is 0 Å². The Hall–Kier alpha value is -2.97. The maximum Gasteiger partial charge on any atom is 0.303 e. The van der Waals surface area contributed by atoms with Gasteiger partial charge >= 0.3 is 5.97 Å². The zero-order valence-corrected chi connectivity index (χ0v) is 14.9. The predicted molar refractivity (Wildman–Crippen MR) is 94.3 cm³/mol. The van der Waals surface area contributed by atoms with Crippen LogP contribution in [0.15, 0.2) is 24.3 Å². The fourth-order valence-corrected chi connectivity index (χ4v) is 2.75. The van der Waals surface area contributed by atoms with Gasteiger partial charge in [0.2, 0.25) is 17.7 Å². The molecule has 2 atom stereocenters. The molecule has 3 N–H and O–H groups in total. The van der Waals surface area contributed by atoms with E-state index in [2.05, 4.69) is 10.6 Å². The molecule has 146 valence electrons. The van der Waals surface area contributed by atoms with Crippen LogP contribution >= 0.6 is 0 Å². The third-order valence-electron chi connectivity index (χ3n) is 4.25. The molecule has 0 aromatic heterocycles. The number of carboxylic acids is 1. The van der Waals surface area contributed by atoms with Crippen LogP contribution < -0.4 is 15.5 Å². The molecule has 1 aliphatic rings. The van der Waals surface area contributed by atoms with Crippen molar-refractivity contribution in [3.63, 3.8) is 0 Å². The van der Waals surface area contributed by atoms with Crippen LogP contribution in [0.2, 0.25) is 0 Å². The number of nitrogens with zero attached hydrogens (tertiary/aromatic N) is 1. The van der Waals surface area contributed by atoms with Crippen molar-refractivity contribution in [3.05, 3.63) is 30.1 Å². The van der Waals surface area contributed by atoms with Crippen LogP contribution in [0.4, 0.5) is 10.1 Å². The normalized spacial score (nSPS) is 17.5. The monoisotopic (exact) mass is 379 g/mol. The Balaban J connectivity index is 1.83. The number of carbonyl (C=O) groups excluding carboxylic acids is 3. The second-order valence-electron chi connectivity index (χ2n) is 6.40. The molecule has 0 radical (unpaired) electrons. The highest BCUT2D eigenvalue weighted by Gasteiger charge is 2.36. The van der Waals surface area contributed by atoms with Gasteiger partial charge in [0.25, 0.3) is 0 Å². The summed E-state index contributed by atoms with van der Waals surface area (Å²) in [7, 11) is 0. The summed E-state index contributed by atoms with van der Waals surface area (Å²) >= 11 is 0. The van der Waals surface area contributed by atoms with E-state index in [0.29, 0.717) is 12.1 Å². The van der Waals surface area contributed by atoms with Gasteiger partial charge in [0.1, 0.15) is 11.9 Å². The van der Waals surface area contributed by atoms with Gasteiger partial charge in [0, 0.05) is 31.6 Å². The van der Waals surface area contributed by atoms with Crippen LogP contribution in [0, 0.1) is 11.7 Å². The number of halogens is 1. The van der Waals surface area contributed by atoms with E-state index in [1.165, 1.54) is 36.1 Å². The van der Waals surface area contributed by atoms with Gasteiger partial charge in [0.05, 0.1) is 5.92 Å². The third kappa shape index (κ3) is 5.77. The number of nitrogens with one attached hydrogen (secondary N) is 2. The topological polar surface area (TPSA) is 116 Å². The van der Waals surface area contributed by atoms with Gasteiger partial charge in [-0.2, -0.15) is 0 Å². The predicted octanol–water partition coefficient (Wildman–Crippen LogP) is 0.664. The van der Waals surface area contributed by atoms with E-state index >= 15 is 0 Å². The van der Waals surface area contributed by atoms with Crippen molar-refractivity contribution in [2.24, 2.45) is 5.92 Å². The molecular formula is C18H22FN3O5. The lowest BCUT2D eigenvalue weighted by Crippen LogP contribution is -2.47. The molecule has 8 nitrogen and oxygen atoms in total. The van der Waals surface area contributed by atoms with Crippen LogP contribution in [0.5, 0.6) is 0 Å². The van der Waals surface area contributed by atoms with E-state index in [4.69, 9.17) is 5.11 Å².